The maximum Gasteiger partial charge on any atom is 0.320 e. The molecule has 2 fully saturated rings. The van der Waals surface area contributed by atoms with E-state index < -0.39 is 0 Å². The van der Waals surface area contributed by atoms with E-state index >= 15 is 0 Å². The van der Waals surface area contributed by atoms with Crippen molar-refractivity contribution in [3.05, 3.63) is 60.7 Å². The number of ether oxygens (including phenoxy) is 1. The SMILES string of the molecule is CCOC(=O)CN1CCN(c2ccccc2)CC1.c1ccc(N2CCNCC2)cc1. The summed E-state index contributed by atoms with van der Waals surface area (Å²) >= 11 is 0. The summed E-state index contributed by atoms with van der Waals surface area (Å²) in [5, 5.41) is 3.34. The molecule has 2 aromatic carbocycles. The summed E-state index contributed by atoms with van der Waals surface area (Å²) in [6.45, 7) is 10.9. The number of carbonyl (C=O) groups excluding carboxylic acids is 1. The van der Waals surface area contributed by atoms with Crippen LogP contribution in [0.2, 0.25) is 0 Å². The minimum Gasteiger partial charge on any atom is -0.465 e. The second-order valence-corrected chi connectivity index (χ2v) is 7.48. The summed E-state index contributed by atoms with van der Waals surface area (Å²) < 4.78 is 4.96. The second-order valence-electron chi connectivity index (χ2n) is 7.48. The van der Waals surface area contributed by atoms with Crippen LogP contribution in [-0.2, 0) is 9.53 Å². The Morgan fingerprint density at radius 3 is 1.80 bits per heavy atom. The molecule has 0 spiro atoms. The van der Waals surface area contributed by atoms with Crippen LogP contribution in [0.5, 0.6) is 0 Å². The van der Waals surface area contributed by atoms with Crippen LogP contribution in [0.1, 0.15) is 6.92 Å². The van der Waals surface area contributed by atoms with E-state index in [1.165, 1.54) is 11.4 Å². The number of nitrogens with one attached hydrogen (secondary N) is 1. The largest absolute Gasteiger partial charge is 0.465 e. The van der Waals surface area contributed by atoms with Gasteiger partial charge < -0.3 is 19.9 Å². The first-order chi connectivity index (χ1) is 14.8. The molecule has 162 valence electrons. The number of hydrogen-bond donors (Lipinski definition) is 1. The Balaban J connectivity index is 0.000000184. The van der Waals surface area contributed by atoms with Crippen molar-refractivity contribution >= 4 is 17.3 Å². The van der Waals surface area contributed by atoms with Gasteiger partial charge in [0.2, 0.25) is 0 Å². The summed E-state index contributed by atoms with van der Waals surface area (Å²) in [6.07, 6.45) is 0. The number of esters is 1. The van der Waals surface area contributed by atoms with Crippen LogP contribution in [0.25, 0.3) is 0 Å². The van der Waals surface area contributed by atoms with Gasteiger partial charge in [-0.25, -0.2) is 0 Å². The third-order valence-electron chi connectivity index (χ3n) is 5.39. The molecule has 0 aliphatic carbocycles. The highest BCUT2D eigenvalue weighted by Crippen LogP contribution is 2.15. The smallest absolute Gasteiger partial charge is 0.320 e. The first-order valence-electron chi connectivity index (χ1n) is 10.9. The number of anilines is 2. The van der Waals surface area contributed by atoms with Crippen LogP contribution < -0.4 is 15.1 Å². The Morgan fingerprint density at radius 2 is 1.30 bits per heavy atom. The van der Waals surface area contributed by atoms with Crippen molar-refractivity contribution in [2.75, 3.05) is 75.3 Å². The van der Waals surface area contributed by atoms with Gasteiger partial charge in [0.05, 0.1) is 13.2 Å². The molecule has 2 saturated heterocycles. The van der Waals surface area contributed by atoms with E-state index in [0.717, 1.165) is 52.4 Å². The van der Waals surface area contributed by atoms with E-state index in [9.17, 15) is 4.79 Å². The number of nitrogens with zero attached hydrogens (tertiary/aromatic N) is 3. The molecule has 1 N–H and O–H groups in total. The number of carbonyl (C=O) groups is 1. The monoisotopic (exact) mass is 410 g/mol. The van der Waals surface area contributed by atoms with Gasteiger partial charge in [-0.15, -0.1) is 0 Å². The Morgan fingerprint density at radius 1 is 0.800 bits per heavy atom. The molecule has 2 aromatic rings. The number of rotatable bonds is 5. The van der Waals surface area contributed by atoms with Crippen LogP contribution in [0.15, 0.2) is 60.7 Å². The molecule has 30 heavy (non-hydrogen) atoms. The van der Waals surface area contributed by atoms with Crippen molar-refractivity contribution in [2.45, 2.75) is 6.92 Å². The van der Waals surface area contributed by atoms with Crippen molar-refractivity contribution in [2.24, 2.45) is 0 Å². The van der Waals surface area contributed by atoms with Gasteiger partial charge >= 0.3 is 5.97 Å². The molecular formula is C24H34N4O2. The Hall–Kier alpha value is -2.57. The Bertz CT molecular complexity index is 727. The highest BCUT2D eigenvalue weighted by molar-refractivity contribution is 5.71. The second kappa shape index (κ2) is 12.2. The van der Waals surface area contributed by atoms with E-state index in [-0.39, 0.29) is 5.97 Å². The maximum absolute atomic E-state index is 11.4. The molecule has 0 saturated carbocycles. The quantitative estimate of drug-likeness (QED) is 0.765. The van der Waals surface area contributed by atoms with Gasteiger partial charge in [0.15, 0.2) is 0 Å². The van der Waals surface area contributed by atoms with E-state index in [0.29, 0.717) is 13.2 Å². The van der Waals surface area contributed by atoms with Crippen molar-refractivity contribution in [3.8, 4) is 0 Å². The zero-order chi connectivity index (χ0) is 21.0. The van der Waals surface area contributed by atoms with Crippen LogP contribution >= 0.6 is 0 Å². The number of para-hydroxylation sites is 2. The van der Waals surface area contributed by atoms with Crippen molar-refractivity contribution in [1.29, 1.82) is 0 Å². The van der Waals surface area contributed by atoms with E-state index in [1.807, 2.05) is 13.0 Å². The Kier molecular flexibility index (Phi) is 9.00. The molecule has 2 aliphatic heterocycles. The minimum atomic E-state index is -0.120. The molecule has 2 heterocycles. The lowest BCUT2D eigenvalue weighted by Crippen LogP contribution is -2.48. The van der Waals surface area contributed by atoms with Gasteiger partial charge in [0.25, 0.3) is 0 Å². The third-order valence-corrected chi connectivity index (χ3v) is 5.39. The zero-order valence-corrected chi connectivity index (χ0v) is 18.0. The highest BCUT2D eigenvalue weighted by atomic mass is 16.5. The van der Waals surface area contributed by atoms with E-state index in [2.05, 4.69) is 74.6 Å². The van der Waals surface area contributed by atoms with Gasteiger partial charge in [0.1, 0.15) is 0 Å². The van der Waals surface area contributed by atoms with Crippen LogP contribution in [0.4, 0.5) is 11.4 Å². The first kappa shape index (κ1) is 22.1. The summed E-state index contributed by atoms with van der Waals surface area (Å²) in [5.74, 6) is -0.120. The number of piperazine rings is 2. The molecule has 0 atom stereocenters. The fraction of sp³-hybridized carbons (Fsp3) is 0.458. The highest BCUT2D eigenvalue weighted by Gasteiger charge is 2.19. The summed E-state index contributed by atoms with van der Waals surface area (Å²) in [5.41, 5.74) is 2.60. The normalized spacial score (nSPS) is 17.1. The third kappa shape index (κ3) is 7.04. The molecule has 0 bridgehead atoms. The van der Waals surface area contributed by atoms with Gasteiger partial charge in [-0.05, 0) is 31.2 Å². The molecule has 4 rings (SSSR count). The molecule has 6 heteroatoms. The summed E-state index contributed by atoms with van der Waals surface area (Å²) in [7, 11) is 0. The van der Waals surface area contributed by atoms with Crippen molar-refractivity contribution in [1.82, 2.24) is 10.2 Å². The first-order valence-corrected chi connectivity index (χ1v) is 10.9. The van der Waals surface area contributed by atoms with E-state index in [4.69, 9.17) is 4.74 Å². The van der Waals surface area contributed by atoms with Gasteiger partial charge in [-0.2, -0.15) is 0 Å². The summed E-state index contributed by atoms with van der Waals surface area (Å²) in [6, 6.07) is 21.0. The van der Waals surface area contributed by atoms with Crippen LogP contribution in [0.3, 0.4) is 0 Å². The van der Waals surface area contributed by atoms with Crippen LogP contribution in [-0.4, -0.2) is 76.4 Å². The lowest BCUT2D eigenvalue weighted by Gasteiger charge is -2.35. The zero-order valence-electron chi connectivity index (χ0n) is 18.0. The van der Waals surface area contributed by atoms with Gasteiger partial charge in [-0.3, -0.25) is 9.69 Å². The fourth-order valence-electron chi connectivity index (χ4n) is 3.75. The molecule has 0 amide bonds. The number of benzene rings is 2. The lowest BCUT2D eigenvalue weighted by atomic mass is 10.2. The van der Waals surface area contributed by atoms with E-state index in [1.54, 1.807) is 0 Å². The maximum atomic E-state index is 11.4. The Labute approximate surface area is 180 Å². The van der Waals surface area contributed by atoms with Crippen molar-refractivity contribution < 1.29 is 9.53 Å². The average molecular weight is 411 g/mol. The minimum absolute atomic E-state index is 0.120. The predicted octanol–water partition coefficient (Wildman–Crippen LogP) is 2.47. The summed E-state index contributed by atoms with van der Waals surface area (Å²) in [4.78, 5) is 18.3. The molecule has 6 nitrogen and oxygen atoms in total. The predicted molar refractivity (Wildman–Crippen MR) is 123 cm³/mol. The topological polar surface area (TPSA) is 48.1 Å². The molecule has 0 unspecified atom stereocenters. The van der Waals surface area contributed by atoms with Crippen molar-refractivity contribution in [3.63, 3.8) is 0 Å². The molecule has 0 radical (unpaired) electrons. The average Bonchev–Trinajstić information content (AvgIpc) is 2.82. The standard InChI is InChI=1S/C14H20N2O2.C10H14N2/c1-2-18-14(17)12-15-8-10-16(11-9-15)13-6-4-3-5-7-13;1-2-4-10(5-3-1)12-8-6-11-7-9-12/h3-7H,2,8-12H2,1H3;1-5,11H,6-9H2. The van der Waals surface area contributed by atoms with Gasteiger partial charge in [-0.1, -0.05) is 36.4 Å². The molecule has 0 aromatic heterocycles. The fourth-order valence-corrected chi connectivity index (χ4v) is 3.75. The number of hydrogen-bond acceptors (Lipinski definition) is 6. The molecule has 2 aliphatic rings. The molecular weight excluding hydrogens is 376 g/mol. The van der Waals surface area contributed by atoms with Crippen LogP contribution in [0, 0.1) is 0 Å². The van der Waals surface area contributed by atoms with Gasteiger partial charge in [0, 0.05) is 63.7 Å². The lowest BCUT2D eigenvalue weighted by molar-refractivity contribution is -0.144.